The Morgan fingerprint density at radius 1 is 1.07 bits per heavy atom. The molecule has 0 aromatic heterocycles. The third kappa shape index (κ3) is 3.39. The fraction of sp³-hybridized carbons (Fsp3) is 0.462. The van der Waals surface area contributed by atoms with Crippen molar-refractivity contribution in [1.82, 2.24) is 0 Å². The van der Waals surface area contributed by atoms with Gasteiger partial charge in [-0.1, -0.05) is 41.9 Å². The van der Waals surface area contributed by atoms with E-state index in [2.05, 4.69) is 5.16 Å². The van der Waals surface area contributed by atoms with Gasteiger partial charge in [0.15, 0.2) is 0 Å². The normalized spacial score (nSPS) is 18.1. The van der Waals surface area contributed by atoms with Gasteiger partial charge < -0.3 is 4.84 Å². The zero-order valence-corrected chi connectivity index (χ0v) is 8.93. The number of hydrogen-bond acceptors (Lipinski definition) is 2. The summed E-state index contributed by atoms with van der Waals surface area (Å²) >= 11 is 0. The van der Waals surface area contributed by atoms with Crippen molar-refractivity contribution in [3.8, 4) is 0 Å². The lowest BCUT2D eigenvalue weighted by molar-refractivity contribution is 0.0340. The Morgan fingerprint density at radius 2 is 1.80 bits per heavy atom. The molecule has 2 nitrogen and oxygen atoms in total. The molecule has 1 fully saturated rings. The van der Waals surface area contributed by atoms with Crippen LogP contribution in [0, 0.1) is 0 Å². The second-order valence-corrected chi connectivity index (χ2v) is 4.01. The molecule has 1 aromatic carbocycles. The molecule has 80 valence electrons. The van der Waals surface area contributed by atoms with Gasteiger partial charge in [-0.3, -0.25) is 0 Å². The average Bonchev–Trinajstić information content (AvgIpc) is 2.32. The summed E-state index contributed by atoms with van der Waals surface area (Å²) in [6, 6.07) is 10.0. The molecule has 0 amide bonds. The van der Waals surface area contributed by atoms with Crippen LogP contribution in [0.25, 0.3) is 0 Å². The van der Waals surface area contributed by atoms with Gasteiger partial charge in [0, 0.05) is 0 Å². The van der Waals surface area contributed by atoms with Crippen molar-refractivity contribution in [3.05, 3.63) is 35.9 Å². The molecule has 1 saturated carbocycles. The van der Waals surface area contributed by atoms with Gasteiger partial charge >= 0.3 is 0 Å². The number of benzene rings is 1. The van der Waals surface area contributed by atoms with E-state index in [1.54, 1.807) is 6.21 Å². The highest BCUT2D eigenvalue weighted by atomic mass is 16.6. The Labute approximate surface area is 90.9 Å². The summed E-state index contributed by atoms with van der Waals surface area (Å²) in [6.45, 7) is 0. The summed E-state index contributed by atoms with van der Waals surface area (Å²) in [5, 5.41) is 4.04. The first-order valence-corrected chi connectivity index (χ1v) is 5.69. The molecule has 0 N–H and O–H groups in total. The monoisotopic (exact) mass is 203 g/mol. The average molecular weight is 203 g/mol. The van der Waals surface area contributed by atoms with Gasteiger partial charge in [-0.25, -0.2) is 0 Å². The lowest BCUT2D eigenvalue weighted by atomic mass is 9.98. The zero-order valence-electron chi connectivity index (χ0n) is 8.93. The van der Waals surface area contributed by atoms with Crippen LogP contribution in [0.1, 0.15) is 37.7 Å². The van der Waals surface area contributed by atoms with Crippen molar-refractivity contribution in [2.24, 2.45) is 5.16 Å². The van der Waals surface area contributed by atoms with Crippen LogP contribution >= 0.6 is 0 Å². The summed E-state index contributed by atoms with van der Waals surface area (Å²) in [6.07, 6.45) is 8.37. The van der Waals surface area contributed by atoms with Crippen LogP contribution in [0.4, 0.5) is 0 Å². The fourth-order valence-corrected chi connectivity index (χ4v) is 1.89. The van der Waals surface area contributed by atoms with Gasteiger partial charge in [0.05, 0.1) is 6.21 Å². The van der Waals surface area contributed by atoms with Crippen molar-refractivity contribution in [2.75, 3.05) is 0 Å². The second kappa shape index (κ2) is 5.54. The summed E-state index contributed by atoms with van der Waals surface area (Å²) in [7, 11) is 0. The number of oxime groups is 1. The maximum atomic E-state index is 5.46. The van der Waals surface area contributed by atoms with Gasteiger partial charge in [-0.15, -0.1) is 0 Å². The Balaban J connectivity index is 1.79. The van der Waals surface area contributed by atoms with E-state index in [9.17, 15) is 0 Å². The fourth-order valence-electron chi connectivity index (χ4n) is 1.89. The highest BCUT2D eigenvalue weighted by molar-refractivity contribution is 5.78. The van der Waals surface area contributed by atoms with Crippen molar-refractivity contribution >= 4 is 6.21 Å². The molecule has 0 atom stereocenters. The van der Waals surface area contributed by atoms with Crippen LogP contribution in [-0.2, 0) is 4.84 Å². The molecule has 15 heavy (non-hydrogen) atoms. The minimum Gasteiger partial charge on any atom is -0.393 e. The minimum absolute atomic E-state index is 0.346. The van der Waals surface area contributed by atoms with Crippen molar-refractivity contribution in [2.45, 2.75) is 38.2 Å². The molecule has 0 spiro atoms. The van der Waals surface area contributed by atoms with Crippen molar-refractivity contribution in [1.29, 1.82) is 0 Å². The molecule has 2 rings (SSSR count). The van der Waals surface area contributed by atoms with Crippen LogP contribution in [0.2, 0.25) is 0 Å². The largest absolute Gasteiger partial charge is 0.393 e. The Bertz CT molecular complexity index is 302. The Hall–Kier alpha value is -1.31. The van der Waals surface area contributed by atoms with Crippen LogP contribution in [0.15, 0.2) is 35.5 Å². The molecular formula is C13H17NO. The lowest BCUT2D eigenvalue weighted by Crippen LogP contribution is -2.13. The summed E-state index contributed by atoms with van der Waals surface area (Å²) in [4.78, 5) is 5.46. The molecule has 0 radical (unpaired) electrons. The van der Waals surface area contributed by atoms with Crippen LogP contribution in [0.5, 0.6) is 0 Å². The molecule has 1 aliphatic rings. The molecule has 1 aliphatic carbocycles. The summed E-state index contributed by atoms with van der Waals surface area (Å²) in [5.74, 6) is 0. The summed E-state index contributed by atoms with van der Waals surface area (Å²) < 4.78 is 0. The zero-order chi connectivity index (χ0) is 10.3. The number of rotatable bonds is 3. The standard InChI is InChI=1S/C13H17NO/c1-3-7-12(8-4-1)11-14-15-13-9-5-2-6-10-13/h1,3-4,7-8,11,13H,2,5-6,9-10H2. The van der Waals surface area contributed by atoms with Crippen molar-refractivity contribution in [3.63, 3.8) is 0 Å². The van der Waals surface area contributed by atoms with Gasteiger partial charge in [0.2, 0.25) is 0 Å². The first kappa shape index (κ1) is 10.2. The topological polar surface area (TPSA) is 21.6 Å². The maximum absolute atomic E-state index is 5.46. The van der Waals surface area contributed by atoms with Gasteiger partial charge in [-0.2, -0.15) is 0 Å². The van der Waals surface area contributed by atoms with Gasteiger partial charge in [-0.05, 0) is 31.2 Å². The molecular weight excluding hydrogens is 186 g/mol. The third-order valence-corrected chi connectivity index (χ3v) is 2.76. The van der Waals surface area contributed by atoms with Crippen LogP contribution in [-0.4, -0.2) is 12.3 Å². The van der Waals surface area contributed by atoms with E-state index < -0.39 is 0 Å². The van der Waals surface area contributed by atoms with E-state index in [4.69, 9.17) is 4.84 Å². The predicted molar refractivity (Wildman–Crippen MR) is 62.0 cm³/mol. The van der Waals surface area contributed by atoms with Gasteiger partial charge in [0.1, 0.15) is 6.10 Å². The SMILES string of the molecule is C(=NOC1CCCCC1)c1ccccc1. The highest BCUT2D eigenvalue weighted by Crippen LogP contribution is 2.20. The highest BCUT2D eigenvalue weighted by Gasteiger charge is 2.13. The molecule has 0 aliphatic heterocycles. The Morgan fingerprint density at radius 3 is 2.53 bits per heavy atom. The smallest absolute Gasteiger partial charge is 0.127 e. The molecule has 2 heteroatoms. The molecule has 0 unspecified atom stereocenters. The lowest BCUT2D eigenvalue weighted by Gasteiger charge is -2.18. The van der Waals surface area contributed by atoms with E-state index in [0.29, 0.717) is 6.10 Å². The maximum Gasteiger partial charge on any atom is 0.127 e. The molecule has 0 saturated heterocycles. The predicted octanol–water partition coefficient (Wildman–Crippen LogP) is 3.37. The van der Waals surface area contributed by atoms with Crippen molar-refractivity contribution < 1.29 is 4.84 Å². The van der Waals surface area contributed by atoms with Gasteiger partial charge in [0.25, 0.3) is 0 Å². The minimum atomic E-state index is 0.346. The first-order chi connectivity index (χ1) is 7.45. The van der Waals surface area contributed by atoms with Crippen LogP contribution in [0.3, 0.4) is 0 Å². The van der Waals surface area contributed by atoms with Crippen LogP contribution < -0.4 is 0 Å². The Kier molecular flexibility index (Phi) is 3.77. The van der Waals surface area contributed by atoms with E-state index in [1.165, 1.54) is 19.3 Å². The third-order valence-electron chi connectivity index (χ3n) is 2.76. The van der Waals surface area contributed by atoms with E-state index in [-0.39, 0.29) is 0 Å². The van der Waals surface area contributed by atoms with E-state index in [0.717, 1.165) is 18.4 Å². The first-order valence-electron chi connectivity index (χ1n) is 5.69. The van der Waals surface area contributed by atoms with E-state index in [1.807, 2.05) is 30.3 Å². The second-order valence-electron chi connectivity index (χ2n) is 4.01. The number of hydrogen-bond donors (Lipinski definition) is 0. The quantitative estimate of drug-likeness (QED) is 0.545. The molecule has 0 heterocycles. The molecule has 1 aromatic rings. The van der Waals surface area contributed by atoms with E-state index >= 15 is 0 Å². The summed E-state index contributed by atoms with van der Waals surface area (Å²) in [5.41, 5.74) is 1.09. The molecule has 0 bridgehead atoms. The number of nitrogens with zero attached hydrogens (tertiary/aromatic N) is 1.